The topological polar surface area (TPSA) is 29.1 Å². The van der Waals surface area contributed by atoms with Gasteiger partial charge in [-0.2, -0.15) is 0 Å². The fourth-order valence-corrected chi connectivity index (χ4v) is 3.67. The monoisotopic (exact) mass is 269 g/mol. The second-order valence-electron chi connectivity index (χ2n) is 4.70. The maximum atomic E-state index is 12.5. The second kappa shape index (κ2) is 5.10. The molecule has 1 aliphatic heterocycles. The van der Waals surface area contributed by atoms with Gasteiger partial charge in [-0.3, -0.25) is 4.79 Å². The molecule has 2 aromatic rings. The van der Waals surface area contributed by atoms with Crippen molar-refractivity contribution in [3.05, 3.63) is 60.2 Å². The number of para-hydroxylation sites is 1. The highest BCUT2D eigenvalue weighted by molar-refractivity contribution is 8.00. The molecular formula is C16H15NOS. The van der Waals surface area contributed by atoms with Gasteiger partial charge < -0.3 is 5.32 Å². The Morgan fingerprint density at radius 2 is 1.68 bits per heavy atom. The summed E-state index contributed by atoms with van der Waals surface area (Å²) in [5.74, 6) is -0.0326. The summed E-state index contributed by atoms with van der Waals surface area (Å²) in [7, 11) is 0. The van der Waals surface area contributed by atoms with E-state index >= 15 is 0 Å². The number of rotatable bonds is 1. The maximum Gasteiger partial charge on any atom is 0.233 e. The highest BCUT2D eigenvalue weighted by Crippen LogP contribution is 2.40. The van der Waals surface area contributed by atoms with Crippen LogP contribution in [0.25, 0.3) is 0 Å². The lowest BCUT2D eigenvalue weighted by Gasteiger charge is -2.19. The Kier molecular flexibility index (Phi) is 3.30. The molecule has 19 heavy (non-hydrogen) atoms. The normalized spacial score (nSPS) is 22.3. The fraction of sp³-hybridized carbons (Fsp3) is 0.188. The molecule has 3 heteroatoms. The standard InChI is InChI=1S/C16H15NOS/c1-11-15(12-7-3-2-4-8-12)16(18)17-13-9-5-6-10-14(13)19-11/h2-11,15H,1H3,(H,17,18)/t11-,15-/m0/s1. The molecule has 0 fully saturated rings. The van der Waals surface area contributed by atoms with E-state index in [1.165, 1.54) is 0 Å². The van der Waals surface area contributed by atoms with E-state index in [0.29, 0.717) is 0 Å². The number of anilines is 1. The van der Waals surface area contributed by atoms with Crippen LogP contribution in [0, 0.1) is 0 Å². The largest absolute Gasteiger partial charge is 0.325 e. The molecule has 1 amide bonds. The molecular weight excluding hydrogens is 254 g/mol. The minimum atomic E-state index is -0.112. The number of thioether (sulfide) groups is 1. The third-order valence-corrected chi connectivity index (χ3v) is 4.62. The first-order valence-corrected chi connectivity index (χ1v) is 7.25. The number of carbonyl (C=O) groups excluding carboxylic acids is 1. The lowest BCUT2D eigenvalue weighted by atomic mass is 9.95. The first kappa shape index (κ1) is 12.3. The summed E-state index contributed by atoms with van der Waals surface area (Å²) in [5, 5.41) is 3.26. The molecule has 0 aromatic heterocycles. The Morgan fingerprint density at radius 1 is 1.00 bits per heavy atom. The van der Waals surface area contributed by atoms with Crippen molar-refractivity contribution >= 4 is 23.4 Å². The van der Waals surface area contributed by atoms with Crippen LogP contribution in [0.3, 0.4) is 0 Å². The minimum Gasteiger partial charge on any atom is -0.325 e. The Hall–Kier alpha value is -1.74. The van der Waals surface area contributed by atoms with E-state index in [4.69, 9.17) is 0 Å². The summed E-state index contributed by atoms with van der Waals surface area (Å²) < 4.78 is 0. The number of nitrogens with one attached hydrogen (secondary N) is 1. The zero-order valence-corrected chi connectivity index (χ0v) is 11.5. The summed E-state index contributed by atoms with van der Waals surface area (Å²) in [6.45, 7) is 2.12. The van der Waals surface area contributed by atoms with Gasteiger partial charge in [-0.05, 0) is 17.7 Å². The Labute approximate surface area is 117 Å². The molecule has 3 rings (SSSR count). The zero-order valence-electron chi connectivity index (χ0n) is 10.7. The van der Waals surface area contributed by atoms with E-state index < -0.39 is 0 Å². The van der Waals surface area contributed by atoms with Gasteiger partial charge in [-0.25, -0.2) is 0 Å². The van der Waals surface area contributed by atoms with E-state index in [1.54, 1.807) is 11.8 Å². The molecule has 1 heterocycles. The van der Waals surface area contributed by atoms with Crippen molar-refractivity contribution in [2.45, 2.75) is 23.0 Å². The molecule has 96 valence electrons. The highest BCUT2D eigenvalue weighted by atomic mass is 32.2. The molecule has 0 saturated heterocycles. The second-order valence-corrected chi connectivity index (χ2v) is 6.12. The molecule has 0 aliphatic carbocycles. The molecule has 1 aliphatic rings. The average Bonchev–Trinajstić information content (AvgIpc) is 2.54. The van der Waals surface area contributed by atoms with Crippen molar-refractivity contribution in [3.63, 3.8) is 0 Å². The lowest BCUT2D eigenvalue weighted by Crippen LogP contribution is -2.25. The van der Waals surface area contributed by atoms with E-state index in [-0.39, 0.29) is 17.1 Å². The summed E-state index contributed by atoms with van der Waals surface area (Å²) in [6, 6.07) is 18.0. The van der Waals surface area contributed by atoms with Crippen molar-refractivity contribution in [2.75, 3.05) is 5.32 Å². The third kappa shape index (κ3) is 2.38. The third-order valence-electron chi connectivity index (χ3n) is 3.37. The van der Waals surface area contributed by atoms with Crippen LogP contribution in [0.15, 0.2) is 59.5 Å². The van der Waals surface area contributed by atoms with Gasteiger partial charge in [0.05, 0.1) is 11.6 Å². The molecule has 2 atom stereocenters. The van der Waals surface area contributed by atoms with Crippen molar-refractivity contribution in [2.24, 2.45) is 0 Å². The number of hydrogen-bond acceptors (Lipinski definition) is 2. The molecule has 0 radical (unpaired) electrons. The number of hydrogen-bond donors (Lipinski definition) is 1. The Morgan fingerprint density at radius 3 is 2.47 bits per heavy atom. The van der Waals surface area contributed by atoms with Gasteiger partial charge in [-0.1, -0.05) is 49.4 Å². The van der Waals surface area contributed by atoms with Crippen LogP contribution < -0.4 is 5.32 Å². The van der Waals surface area contributed by atoms with Crippen LogP contribution in [0.1, 0.15) is 18.4 Å². The molecule has 2 aromatic carbocycles. The first-order valence-electron chi connectivity index (χ1n) is 6.37. The zero-order chi connectivity index (χ0) is 13.2. The van der Waals surface area contributed by atoms with Crippen LogP contribution in [0.4, 0.5) is 5.69 Å². The molecule has 0 spiro atoms. The van der Waals surface area contributed by atoms with Gasteiger partial charge in [0.2, 0.25) is 5.91 Å². The molecule has 2 nitrogen and oxygen atoms in total. The van der Waals surface area contributed by atoms with Crippen molar-refractivity contribution in [1.82, 2.24) is 0 Å². The van der Waals surface area contributed by atoms with Crippen molar-refractivity contribution < 1.29 is 4.79 Å². The molecule has 1 N–H and O–H groups in total. The predicted octanol–water partition coefficient (Wildman–Crippen LogP) is 3.90. The van der Waals surface area contributed by atoms with Crippen LogP contribution in [0.5, 0.6) is 0 Å². The molecule has 0 unspecified atom stereocenters. The van der Waals surface area contributed by atoms with E-state index in [1.807, 2.05) is 48.5 Å². The van der Waals surface area contributed by atoms with E-state index in [9.17, 15) is 4.79 Å². The smallest absolute Gasteiger partial charge is 0.233 e. The first-order chi connectivity index (χ1) is 9.25. The van der Waals surface area contributed by atoms with Crippen molar-refractivity contribution in [3.8, 4) is 0 Å². The van der Waals surface area contributed by atoms with Crippen LogP contribution >= 0.6 is 11.8 Å². The summed E-state index contributed by atoms with van der Waals surface area (Å²) in [5.41, 5.74) is 2.00. The number of benzene rings is 2. The van der Waals surface area contributed by atoms with E-state index in [2.05, 4.69) is 18.3 Å². The molecule has 0 bridgehead atoms. The SMILES string of the molecule is C[C@@H]1Sc2ccccc2NC(=O)[C@@H]1c1ccccc1. The fourth-order valence-electron chi connectivity index (χ4n) is 2.45. The minimum absolute atomic E-state index is 0.0798. The van der Waals surface area contributed by atoms with Crippen molar-refractivity contribution in [1.29, 1.82) is 0 Å². The number of fused-ring (bicyclic) bond motifs is 1. The highest BCUT2D eigenvalue weighted by Gasteiger charge is 2.31. The number of carbonyl (C=O) groups is 1. The molecule has 0 saturated carbocycles. The number of amides is 1. The van der Waals surface area contributed by atoms with E-state index in [0.717, 1.165) is 16.1 Å². The van der Waals surface area contributed by atoms with Gasteiger partial charge in [0.25, 0.3) is 0 Å². The predicted molar refractivity (Wildman–Crippen MR) is 79.6 cm³/mol. The van der Waals surface area contributed by atoms with Crippen LogP contribution in [-0.4, -0.2) is 11.2 Å². The van der Waals surface area contributed by atoms with Gasteiger partial charge in [0.15, 0.2) is 0 Å². The van der Waals surface area contributed by atoms with Crippen LogP contribution in [-0.2, 0) is 4.79 Å². The quantitative estimate of drug-likeness (QED) is 0.850. The van der Waals surface area contributed by atoms with Crippen LogP contribution in [0.2, 0.25) is 0 Å². The summed E-state index contributed by atoms with van der Waals surface area (Å²) in [6.07, 6.45) is 0. The van der Waals surface area contributed by atoms with Gasteiger partial charge in [0.1, 0.15) is 0 Å². The van der Waals surface area contributed by atoms with Gasteiger partial charge in [-0.15, -0.1) is 11.8 Å². The van der Waals surface area contributed by atoms with Gasteiger partial charge in [0, 0.05) is 10.1 Å². The average molecular weight is 269 g/mol. The Bertz CT molecular complexity index is 597. The summed E-state index contributed by atoms with van der Waals surface area (Å²) >= 11 is 1.76. The maximum absolute atomic E-state index is 12.5. The Balaban J connectivity index is 1.99. The summed E-state index contributed by atoms with van der Waals surface area (Å²) in [4.78, 5) is 13.6. The lowest BCUT2D eigenvalue weighted by molar-refractivity contribution is -0.117. The van der Waals surface area contributed by atoms with Gasteiger partial charge >= 0.3 is 0 Å².